The van der Waals surface area contributed by atoms with Gasteiger partial charge >= 0.3 is 6.36 Å². The minimum atomic E-state index is -5.06. The van der Waals surface area contributed by atoms with Gasteiger partial charge in [-0.25, -0.2) is 4.98 Å². The standard InChI is InChI=1S/C29H21ClF3N5O4/c30-17-8-9-19(24(39)13-17)23-14-21(16-4-3-5-18(12-16)36-26(40)10-11-34)22(15-35)27(37-23)38-28(41)20-6-1-2-7-25(20)42-29(31,32)33/h1-9,12-14,39H,10-11,34H2,(H,36,40)(H,37,38,41). The number of phenols is 1. The van der Waals surface area contributed by atoms with Crippen molar-refractivity contribution in [1.82, 2.24) is 4.98 Å². The fourth-order valence-electron chi connectivity index (χ4n) is 4.00. The highest BCUT2D eigenvalue weighted by molar-refractivity contribution is 6.30. The van der Waals surface area contributed by atoms with Crippen LogP contribution >= 0.6 is 11.6 Å². The predicted molar refractivity (Wildman–Crippen MR) is 150 cm³/mol. The number of alkyl halides is 3. The average Bonchev–Trinajstić information content (AvgIpc) is 2.92. The Labute approximate surface area is 242 Å². The third-order valence-corrected chi connectivity index (χ3v) is 6.02. The highest BCUT2D eigenvalue weighted by Crippen LogP contribution is 2.37. The van der Waals surface area contributed by atoms with Gasteiger partial charge in [0.1, 0.15) is 23.1 Å². The van der Waals surface area contributed by atoms with Gasteiger partial charge in [0, 0.05) is 34.8 Å². The van der Waals surface area contributed by atoms with Crippen molar-refractivity contribution in [3.8, 4) is 40.0 Å². The summed E-state index contributed by atoms with van der Waals surface area (Å²) in [6, 6.07) is 18.8. The maximum Gasteiger partial charge on any atom is 0.573 e. The molecule has 1 aromatic heterocycles. The number of amides is 2. The van der Waals surface area contributed by atoms with E-state index >= 15 is 0 Å². The molecule has 4 aromatic rings. The Hall–Kier alpha value is -5.12. The molecule has 0 aliphatic rings. The number of para-hydroxylation sites is 1. The molecular weight excluding hydrogens is 575 g/mol. The minimum Gasteiger partial charge on any atom is -0.507 e. The highest BCUT2D eigenvalue weighted by Gasteiger charge is 2.33. The van der Waals surface area contributed by atoms with Crippen molar-refractivity contribution in [2.24, 2.45) is 5.73 Å². The second-order valence-electron chi connectivity index (χ2n) is 8.72. The molecule has 42 heavy (non-hydrogen) atoms. The van der Waals surface area contributed by atoms with Gasteiger partial charge in [0.25, 0.3) is 5.91 Å². The molecule has 0 aliphatic carbocycles. The molecule has 0 saturated carbocycles. The van der Waals surface area contributed by atoms with E-state index in [1.807, 2.05) is 6.07 Å². The molecule has 0 atom stereocenters. The molecule has 1 heterocycles. The van der Waals surface area contributed by atoms with Crippen LogP contribution in [0.15, 0.2) is 72.8 Å². The van der Waals surface area contributed by atoms with E-state index in [-0.39, 0.29) is 57.8 Å². The molecule has 4 rings (SSSR count). The summed E-state index contributed by atoms with van der Waals surface area (Å²) in [6.07, 6.45) is -4.98. The van der Waals surface area contributed by atoms with Gasteiger partial charge in [-0.2, -0.15) is 5.26 Å². The number of carbonyl (C=O) groups excluding carboxylic acids is 2. The summed E-state index contributed by atoms with van der Waals surface area (Å²) in [5, 5.41) is 26.0. The number of nitrogens with two attached hydrogens (primary N) is 1. The Kier molecular flexibility index (Phi) is 8.95. The second kappa shape index (κ2) is 12.6. The number of nitriles is 1. The van der Waals surface area contributed by atoms with E-state index in [1.165, 1.54) is 36.4 Å². The number of hydrogen-bond donors (Lipinski definition) is 4. The van der Waals surface area contributed by atoms with Gasteiger partial charge in [-0.05, 0) is 54.1 Å². The van der Waals surface area contributed by atoms with Gasteiger partial charge in [-0.15, -0.1) is 13.2 Å². The summed E-state index contributed by atoms with van der Waals surface area (Å²) in [5.41, 5.74) is 6.18. The molecule has 0 fully saturated rings. The number of aromatic nitrogens is 1. The Morgan fingerprint density at radius 1 is 1.02 bits per heavy atom. The van der Waals surface area contributed by atoms with Crippen LogP contribution in [0.1, 0.15) is 22.3 Å². The maximum atomic E-state index is 13.2. The lowest BCUT2D eigenvalue weighted by molar-refractivity contribution is -0.274. The van der Waals surface area contributed by atoms with Crippen molar-refractivity contribution in [3.63, 3.8) is 0 Å². The topological polar surface area (TPSA) is 150 Å². The Morgan fingerprint density at radius 2 is 1.79 bits per heavy atom. The second-order valence-corrected chi connectivity index (χ2v) is 9.15. The van der Waals surface area contributed by atoms with Gasteiger partial charge in [0.05, 0.1) is 11.3 Å². The first-order valence-corrected chi connectivity index (χ1v) is 12.6. The average molecular weight is 596 g/mol. The van der Waals surface area contributed by atoms with Crippen LogP contribution in [0, 0.1) is 11.3 Å². The molecule has 0 radical (unpaired) electrons. The molecule has 2 amide bonds. The molecule has 0 saturated heterocycles. The normalized spacial score (nSPS) is 11.0. The first-order chi connectivity index (χ1) is 20.0. The van der Waals surface area contributed by atoms with Crippen LogP contribution in [0.4, 0.5) is 24.7 Å². The van der Waals surface area contributed by atoms with Crippen molar-refractivity contribution >= 4 is 34.9 Å². The van der Waals surface area contributed by atoms with Crippen LogP contribution in [0.3, 0.4) is 0 Å². The third kappa shape index (κ3) is 7.14. The van der Waals surface area contributed by atoms with Crippen LogP contribution in [-0.2, 0) is 4.79 Å². The Morgan fingerprint density at radius 3 is 2.48 bits per heavy atom. The van der Waals surface area contributed by atoms with Crippen molar-refractivity contribution < 1.29 is 32.6 Å². The van der Waals surface area contributed by atoms with Crippen LogP contribution in [0.2, 0.25) is 5.02 Å². The molecule has 214 valence electrons. The first-order valence-electron chi connectivity index (χ1n) is 12.2. The first kappa shape index (κ1) is 29.9. The van der Waals surface area contributed by atoms with E-state index in [4.69, 9.17) is 17.3 Å². The number of halogens is 4. The van der Waals surface area contributed by atoms with Gasteiger partial charge in [0.2, 0.25) is 5.91 Å². The fourth-order valence-corrected chi connectivity index (χ4v) is 4.16. The summed E-state index contributed by atoms with van der Waals surface area (Å²) in [4.78, 5) is 29.6. The fraction of sp³-hybridized carbons (Fsp3) is 0.103. The number of benzene rings is 3. The zero-order valence-corrected chi connectivity index (χ0v) is 22.3. The smallest absolute Gasteiger partial charge is 0.507 e. The van der Waals surface area contributed by atoms with Crippen molar-refractivity contribution in [2.75, 3.05) is 17.2 Å². The van der Waals surface area contributed by atoms with Gasteiger partial charge in [0.15, 0.2) is 5.82 Å². The number of hydrogen-bond acceptors (Lipinski definition) is 7. The van der Waals surface area contributed by atoms with E-state index < -0.39 is 23.6 Å². The van der Waals surface area contributed by atoms with Crippen molar-refractivity contribution in [1.29, 1.82) is 5.26 Å². The largest absolute Gasteiger partial charge is 0.573 e. The number of rotatable bonds is 8. The lowest BCUT2D eigenvalue weighted by Gasteiger charge is -2.16. The maximum absolute atomic E-state index is 13.2. The number of nitrogens with one attached hydrogen (secondary N) is 2. The molecule has 0 aliphatic heterocycles. The molecule has 9 nitrogen and oxygen atoms in total. The molecule has 5 N–H and O–H groups in total. The van der Waals surface area contributed by atoms with Crippen LogP contribution in [0.5, 0.6) is 11.5 Å². The van der Waals surface area contributed by atoms with Gasteiger partial charge < -0.3 is 26.2 Å². The van der Waals surface area contributed by atoms with E-state index in [0.717, 1.165) is 12.1 Å². The number of nitrogens with zero attached hydrogens (tertiary/aromatic N) is 2. The minimum absolute atomic E-state index is 0.0820. The summed E-state index contributed by atoms with van der Waals surface area (Å²) >= 11 is 5.97. The quantitative estimate of drug-likeness (QED) is 0.193. The van der Waals surface area contributed by atoms with Gasteiger partial charge in [-0.3, -0.25) is 9.59 Å². The van der Waals surface area contributed by atoms with E-state index in [9.17, 15) is 33.1 Å². The molecule has 0 bridgehead atoms. The number of anilines is 2. The summed E-state index contributed by atoms with van der Waals surface area (Å²) in [5.74, 6) is -2.68. The van der Waals surface area contributed by atoms with E-state index in [1.54, 1.807) is 24.3 Å². The van der Waals surface area contributed by atoms with Crippen molar-refractivity contribution in [3.05, 3.63) is 88.9 Å². The van der Waals surface area contributed by atoms with Crippen LogP contribution in [-0.4, -0.2) is 34.8 Å². The molecular formula is C29H21ClF3N5O4. The zero-order chi connectivity index (χ0) is 30.4. The highest BCUT2D eigenvalue weighted by atomic mass is 35.5. The molecule has 3 aromatic carbocycles. The van der Waals surface area contributed by atoms with E-state index in [2.05, 4.69) is 20.4 Å². The third-order valence-electron chi connectivity index (χ3n) is 5.79. The van der Waals surface area contributed by atoms with Crippen LogP contribution in [0.25, 0.3) is 22.4 Å². The summed E-state index contributed by atoms with van der Waals surface area (Å²) < 4.78 is 42.9. The van der Waals surface area contributed by atoms with Gasteiger partial charge in [-0.1, -0.05) is 35.9 Å². The zero-order valence-electron chi connectivity index (χ0n) is 21.5. The number of aromatic hydroxyl groups is 1. The SMILES string of the molecule is N#Cc1c(-c2cccc(NC(=O)CCN)c2)cc(-c2ccc(Cl)cc2O)nc1NC(=O)c1ccccc1OC(F)(F)F. The lowest BCUT2D eigenvalue weighted by atomic mass is 9.97. The number of carbonyl (C=O) groups is 2. The van der Waals surface area contributed by atoms with E-state index in [0.29, 0.717) is 11.3 Å². The lowest BCUT2D eigenvalue weighted by Crippen LogP contribution is -2.21. The number of ether oxygens (including phenoxy) is 1. The number of pyridine rings is 1. The molecule has 0 unspecified atom stereocenters. The van der Waals surface area contributed by atoms with Crippen LogP contribution < -0.4 is 21.1 Å². The molecule has 0 spiro atoms. The Balaban J connectivity index is 1.86. The Bertz CT molecular complexity index is 1710. The number of phenolic OH excluding ortho intramolecular Hbond substituents is 1. The van der Waals surface area contributed by atoms with Crippen molar-refractivity contribution in [2.45, 2.75) is 12.8 Å². The summed E-state index contributed by atoms with van der Waals surface area (Å²) in [6.45, 7) is 0.141. The summed E-state index contributed by atoms with van der Waals surface area (Å²) in [7, 11) is 0. The predicted octanol–water partition coefficient (Wildman–Crippen LogP) is 6.08. The molecule has 13 heteroatoms. The monoisotopic (exact) mass is 595 g/mol.